The first-order chi connectivity index (χ1) is 10.8. The van der Waals surface area contributed by atoms with E-state index in [9.17, 15) is 0 Å². The summed E-state index contributed by atoms with van der Waals surface area (Å²) in [6, 6.07) is 14.9. The zero-order valence-electron chi connectivity index (χ0n) is 12.3. The standard InChI is InChI=1S/C17H16N4O/c1-11-17(12-5-3-2-4-6-12)18-15-7-8-16(19-21(11)15)20-9-14-13(20)10-22-14/h2-8,13-14H,9-10H2,1H3/t13?,14-/m0/s1. The first-order valence-corrected chi connectivity index (χ1v) is 7.61. The Morgan fingerprint density at radius 3 is 2.68 bits per heavy atom. The minimum Gasteiger partial charge on any atom is -0.372 e. The van der Waals surface area contributed by atoms with Crippen LogP contribution < -0.4 is 4.90 Å². The number of ether oxygens (including phenoxy) is 1. The third kappa shape index (κ3) is 1.57. The van der Waals surface area contributed by atoms with E-state index in [0.29, 0.717) is 12.1 Å². The summed E-state index contributed by atoms with van der Waals surface area (Å²) >= 11 is 0. The van der Waals surface area contributed by atoms with Crippen LogP contribution in [0.2, 0.25) is 0 Å². The van der Waals surface area contributed by atoms with Crippen molar-refractivity contribution in [1.29, 1.82) is 0 Å². The van der Waals surface area contributed by atoms with Gasteiger partial charge in [0.25, 0.3) is 0 Å². The number of aromatic nitrogens is 3. The van der Waals surface area contributed by atoms with Gasteiger partial charge in [-0.15, -0.1) is 5.10 Å². The van der Waals surface area contributed by atoms with Gasteiger partial charge in [0.05, 0.1) is 30.1 Å². The van der Waals surface area contributed by atoms with Crippen LogP contribution in [0.15, 0.2) is 42.5 Å². The lowest BCUT2D eigenvalue weighted by atomic mass is 9.95. The number of hydrogen-bond acceptors (Lipinski definition) is 4. The van der Waals surface area contributed by atoms with E-state index in [1.165, 1.54) is 0 Å². The molecule has 2 aromatic heterocycles. The number of benzene rings is 1. The SMILES string of the molecule is Cc1c(-c2ccccc2)nc2ccc(N3C[C@@H]4OCC43)nn12. The molecule has 2 aliphatic heterocycles. The van der Waals surface area contributed by atoms with Crippen molar-refractivity contribution >= 4 is 11.5 Å². The van der Waals surface area contributed by atoms with E-state index < -0.39 is 0 Å². The summed E-state index contributed by atoms with van der Waals surface area (Å²) in [5, 5.41) is 4.79. The van der Waals surface area contributed by atoms with Crippen LogP contribution in [0.3, 0.4) is 0 Å². The molecule has 0 bridgehead atoms. The molecule has 22 heavy (non-hydrogen) atoms. The van der Waals surface area contributed by atoms with E-state index in [-0.39, 0.29) is 0 Å². The number of imidazole rings is 1. The molecule has 2 fully saturated rings. The molecule has 5 nitrogen and oxygen atoms in total. The number of rotatable bonds is 2. The molecule has 5 heteroatoms. The normalized spacial score (nSPS) is 23.0. The van der Waals surface area contributed by atoms with Crippen LogP contribution in [0, 0.1) is 6.92 Å². The fourth-order valence-electron chi connectivity index (χ4n) is 3.29. The molecule has 5 rings (SSSR count). The molecular formula is C17H16N4O. The highest BCUT2D eigenvalue weighted by molar-refractivity contribution is 5.66. The van der Waals surface area contributed by atoms with E-state index in [2.05, 4.69) is 36.1 Å². The molecule has 0 N–H and O–H groups in total. The van der Waals surface area contributed by atoms with E-state index in [1.807, 2.05) is 22.7 Å². The molecule has 0 saturated carbocycles. The van der Waals surface area contributed by atoms with Crippen molar-refractivity contribution in [3.8, 4) is 11.3 Å². The molecule has 0 radical (unpaired) electrons. The van der Waals surface area contributed by atoms with E-state index in [4.69, 9.17) is 14.8 Å². The van der Waals surface area contributed by atoms with Gasteiger partial charge in [-0.25, -0.2) is 9.50 Å². The van der Waals surface area contributed by atoms with Crippen LogP contribution in [0.25, 0.3) is 16.9 Å². The maximum Gasteiger partial charge on any atom is 0.154 e. The lowest BCUT2D eigenvalue weighted by Crippen LogP contribution is -2.71. The largest absolute Gasteiger partial charge is 0.372 e. The van der Waals surface area contributed by atoms with Crippen molar-refractivity contribution in [1.82, 2.24) is 14.6 Å². The predicted molar refractivity (Wildman–Crippen MR) is 84.0 cm³/mol. The van der Waals surface area contributed by atoms with Crippen LogP contribution in [-0.4, -0.2) is 39.9 Å². The zero-order valence-corrected chi connectivity index (χ0v) is 12.3. The number of morpholine rings is 1. The van der Waals surface area contributed by atoms with Crippen molar-refractivity contribution in [2.24, 2.45) is 0 Å². The van der Waals surface area contributed by atoms with Crippen molar-refractivity contribution in [3.05, 3.63) is 48.2 Å². The smallest absolute Gasteiger partial charge is 0.154 e. The highest BCUT2D eigenvalue weighted by atomic mass is 16.5. The molecule has 1 aromatic carbocycles. The van der Waals surface area contributed by atoms with Crippen molar-refractivity contribution in [3.63, 3.8) is 0 Å². The minimum atomic E-state index is 0.418. The summed E-state index contributed by atoms with van der Waals surface area (Å²) in [6.45, 7) is 3.84. The number of nitrogens with zero attached hydrogens (tertiary/aromatic N) is 4. The van der Waals surface area contributed by atoms with Crippen molar-refractivity contribution in [2.45, 2.75) is 19.1 Å². The third-order valence-corrected chi connectivity index (χ3v) is 4.72. The molecule has 110 valence electrons. The van der Waals surface area contributed by atoms with Crippen molar-refractivity contribution < 1.29 is 4.74 Å². The zero-order chi connectivity index (χ0) is 14.7. The first-order valence-electron chi connectivity index (χ1n) is 7.61. The Bertz CT molecular complexity index is 858. The molecule has 2 aliphatic rings. The van der Waals surface area contributed by atoms with Gasteiger partial charge in [0.2, 0.25) is 0 Å². The first kappa shape index (κ1) is 12.2. The summed E-state index contributed by atoms with van der Waals surface area (Å²) in [6.07, 6.45) is 0.418. The van der Waals surface area contributed by atoms with Crippen LogP contribution in [-0.2, 0) is 4.74 Å². The van der Waals surface area contributed by atoms with E-state index in [0.717, 1.165) is 41.6 Å². The Hall–Kier alpha value is -2.40. The Kier molecular flexibility index (Phi) is 2.38. The maximum atomic E-state index is 5.47. The number of hydrogen-bond donors (Lipinski definition) is 0. The Morgan fingerprint density at radius 1 is 1.14 bits per heavy atom. The summed E-state index contributed by atoms with van der Waals surface area (Å²) in [7, 11) is 0. The number of aryl methyl sites for hydroxylation is 1. The molecule has 1 unspecified atom stereocenters. The van der Waals surface area contributed by atoms with Gasteiger partial charge in [-0.3, -0.25) is 0 Å². The van der Waals surface area contributed by atoms with Gasteiger partial charge in [-0.05, 0) is 19.1 Å². The van der Waals surface area contributed by atoms with Crippen LogP contribution in [0.1, 0.15) is 5.69 Å². The fraction of sp³-hybridized carbons (Fsp3) is 0.294. The summed E-state index contributed by atoms with van der Waals surface area (Å²) in [5.41, 5.74) is 4.09. The topological polar surface area (TPSA) is 42.7 Å². The fourth-order valence-corrected chi connectivity index (χ4v) is 3.29. The molecule has 0 aliphatic carbocycles. The molecule has 0 spiro atoms. The van der Waals surface area contributed by atoms with Crippen molar-refractivity contribution in [2.75, 3.05) is 18.1 Å². The minimum absolute atomic E-state index is 0.418. The van der Waals surface area contributed by atoms with Gasteiger partial charge in [-0.2, -0.15) is 0 Å². The Balaban J connectivity index is 1.59. The van der Waals surface area contributed by atoms with Crippen LogP contribution in [0.5, 0.6) is 0 Å². The highest BCUT2D eigenvalue weighted by Gasteiger charge is 2.48. The second kappa shape index (κ2) is 4.30. The second-order valence-corrected chi connectivity index (χ2v) is 5.96. The van der Waals surface area contributed by atoms with Gasteiger partial charge in [0.1, 0.15) is 5.82 Å². The lowest BCUT2D eigenvalue weighted by Gasteiger charge is -2.55. The van der Waals surface area contributed by atoms with Crippen LogP contribution >= 0.6 is 0 Å². The maximum absolute atomic E-state index is 5.47. The molecular weight excluding hydrogens is 276 g/mol. The van der Waals surface area contributed by atoms with Gasteiger partial charge in [-0.1, -0.05) is 30.3 Å². The van der Waals surface area contributed by atoms with Gasteiger partial charge in [0, 0.05) is 12.1 Å². The Labute approximate surface area is 128 Å². The Morgan fingerprint density at radius 2 is 2.00 bits per heavy atom. The van der Waals surface area contributed by atoms with Crippen LogP contribution in [0.4, 0.5) is 5.82 Å². The van der Waals surface area contributed by atoms with E-state index >= 15 is 0 Å². The van der Waals surface area contributed by atoms with Gasteiger partial charge < -0.3 is 9.64 Å². The van der Waals surface area contributed by atoms with Gasteiger partial charge >= 0.3 is 0 Å². The lowest BCUT2D eigenvalue weighted by molar-refractivity contribution is -0.113. The average molecular weight is 292 g/mol. The number of anilines is 1. The summed E-state index contributed by atoms with van der Waals surface area (Å²) in [4.78, 5) is 7.05. The predicted octanol–water partition coefficient (Wildman–Crippen LogP) is 2.29. The third-order valence-electron chi connectivity index (χ3n) is 4.72. The molecule has 2 saturated heterocycles. The summed E-state index contributed by atoms with van der Waals surface area (Å²) < 4.78 is 7.41. The quantitative estimate of drug-likeness (QED) is 0.727. The molecule has 3 aromatic rings. The van der Waals surface area contributed by atoms with E-state index in [1.54, 1.807) is 0 Å². The highest BCUT2D eigenvalue weighted by Crippen LogP contribution is 2.34. The number of fused-ring (bicyclic) bond motifs is 2. The molecule has 4 heterocycles. The molecule has 2 atom stereocenters. The summed E-state index contributed by atoms with van der Waals surface area (Å²) in [5.74, 6) is 1.01. The second-order valence-electron chi connectivity index (χ2n) is 5.96. The monoisotopic (exact) mass is 292 g/mol. The average Bonchev–Trinajstić information content (AvgIpc) is 2.87. The molecule has 0 amide bonds. The van der Waals surface area contributed by atoms with Gasteiger partial charge in [0.15, 0.2) is 5.65 Å².